The predicted octanol–water partition coefficient (Wildman–Crippen LogP) is 4.47. The van der Waals surface area contributed by atoms with Gasteiger partial charge < -0.3 is 10.3 Å². The topological polar surface area (TPSA) is 52.0 Å². The number of nitrogen functional groups attached to an aromatic ring is 1. The van der Waals surface area contributed by atoms with E-state index in [9.17, 15) is 8.78 Å². The fourth-order valence-electron chi connectivity index (χ4n) is 2.08. The Morgan fingerprint density at radius 2 is 1.57 bits per heavy atom. The van der Waals surface area contributed by atoms with Gasteiger partial charge in [-0.1, -0.05) is 17.3 Å². The second-order valence-corrected chi connectivity index (χ2v) is 5.68. The summed E-state index contributed by atoms with van der Waals surface area (Å²) >= 11 is 2.18. The number of benzene rings is 2. The Bertz CT molecular complexity index is 780. The Morgan fingerprint density at radius 3 is 2.19 bits per heavy atom. The molecular formula is C15H9F2IN2O. The Balaban J connectivity index is 2.19. The molecule has 2 aromatic carbocycles. The van der Waals surface area contributed by atoms with Crippen molar-refractivity contribution in [2.75, 3.05) is 5.73 Å². The lowest BCUT2D eigenvalue weighted by molar-refractivity contribution is 0.436. The van der Waals surface area contributed by atoms with Gasteiger partial charge in [-0.3, -0.25) is 0 Å². The quantitative estimate of drug-likeness (QED) is 0.648. The van der Waals surface area contributed by atoms with Crippen LogP contribution < -0.4 is 5.73 Å². The number of nitrogens with zero attached hydrogens (tertiary/aromatic N) is 1. The van der Waals surface area contributed by atoms with Crippen LogP contribution in [0, 0.1) is 15.2 Å². The second-order valence-electron chi connectivity index (χ2n) is 4.44. The molecule has 1 aromatic heterocycles. The highest BCUT2D eigenvalue weighted by Gasteiger charge is 2.18. The fourth-order valence-corrected chi connectivity index (χ4v) is 2.44. The monoisotopic (exact) mass is 398 g/mol. The molecular weight excluding hydrogens is 389 g/mol. The Hall–Kier alpha value is -1.96. The van der Waals surface area contributed by atoms with Crippen LogP contribution in [0.4, 0.5) is 14.6 Å². The van der Waals surface area contributed by atoms with Crippen molar-refractivity contribution >= 4 is 28.4 Å². The van der Waals surface area contributed by atoms with Gasteiger partial charge in [0.25, 0.3) is 0 Å². The van der Waals surface area contributed by atoms with Gasteiger partial charge in [0.2, 0.25) is 0 Å². The lowest BCUT2D eigenvalue weighted by Crippen LogP contribution is -1.91. The summed E-state index contributed by atoms with van der Waals surface area (Å²) in [4.78, 5) is 0. The van der Waals surface area contributed by atoms with Gasteiger partial charge in [-0.2, -0.15) is 0 Å². The van der Waals surface area contributed by atoms with Crippen molar-refractivity contribution in [3.8, 4) is 22.5 Å². The molecule has 0 unspecified atom stereocenters. The summed E-state index contributed by atoms with van der Waals surface area (Å²) < 4.78 is 33.1. The summed E-state index contributed by atoms with van der Waals surface area (Å²) in [6, 6.07) is 10.7. The van der Waals surface area contributed by atoms with E-state index in [1.54, 1.807) is 0 Å². The van der Waals surface area contributed by atoms with Crippen LogP contribution in [0.5, 0.6) is 0 Å². The summed E-state index contributed by atoms with van der Waals surface area (Å²) in [5.74, 6) is -0.888. The van der Waals surface area contributed by atoms with E-state index in [4.69, 9.17) is 10.3 Å². The maximum atomic E-state index is 13.4. The fraction of sp³-hybridized carbons (Fsp3) is 0. The van der Waals surface area contributed by atoms with Crippen LogP contribution in [-0.2, 0) is 0 Å². The first-order valence-electron chi connectivity index (χ1n) is 6.02. The maximum absolute atomic E-state index is 13.4. The molecule has 3 rings (SSSR count). The largest absolute Gasteiger partial charge is 0.380 e. The lowest BCUT2D eigenvalue weighted by Gasteiger charge is -2.04. The first kappa shape index (κ1) is 14.0. The third kappa shape index (κ3) is 2.76. The molecule has 6 heteroatoms. The summed E-state index contributed by atoms with van der Waals surface area (Å²) in [6.45, 7) is 0. The summed E-state index contributed by atoms with van der Waals surface area (Å²) in [5.41, 5.74) is 7.20. The van der Waals surface area contributed by atoms with Crippen molar-refractivity contribution < 1.29 is 13.3 Å². The zero-order chi connectivity index (χ0) is 15.0. The minimum absolute atomic E-state index is 0.0913. The molecule has 0 saturated carbocycles. The van der Waals surface area contributed by atoms with Crippen LogP contribution in [0.25, 0.3) is 22.5 Å². The van der Waals surface area contributed by atoms with Crippen LogP contribution in [0.2, 0.25) is 0 Å². The second kappa shape index (κ2) is 5.44. The molecule has 3 nitrogen and oxygen atoms in total. The Labute approximate surface area is 132 Å². The Kier molecular flexibility index (Phi) is 3.62. The van der Waals surface area contributed by atoms with Gasteiger partial charge in [0.15, 0.2) is 11.6 Å². The number of halogens is 3. The minimum atomic E-state index is -0.681. The van der Waals surface area contributed by atoms with Gasteiger partial charge in [-0.05, 0) is 52.4 Å². The molecule has 21 heavy (non-hydrogen) atoms. The van der Waals surface area contributed by atoms with E-state index < -0.39 is 11.6 Å². The molecule has 0 aliphatic rings. The third-order valence-corrected chi connectivity index (χ3v) is 3.70. The van der Waals surface area contributed by atoms with Crippen molar-refractivity contribution in [3.63, 3.8) is 0 Å². The van der Waals surface area contributed by atoms with E-state index in [-0.39, 0.29) is 5.82 Å². The van der Waals surface area contributed by atoms with Gasteiger partial charge in [-0.15, -0.1) is 0 Å². The molecule has 0 saturated heterocycles. The number of rotatable bonds is 2. The average molecular weight is 398 g/mol. The van der Waals surface area contributed by atoms with Crippen LogP contribution in [-0.4, -0.2) is 5.16 Å². The van der Waals surface area contributed by atoms with E-state index >= 15 is 0 Å². The van der Waals surface area contributed by atoms with E-state index in [2.05, 4.69) is 27.7 Å². The number of hydrogen-bond acceptors (Lipinski definition) is 3. The highest BCUT2D eigenvalue weighted by Crippen LogP contribution is 2.37. The van der Waals surface area contributed by atoms with E-state index in [0.717, 1.165) is 15.2 Å². The van der Waals surface area contributed by atoms with Gasteiger partial charge in [0, 0.05) is 15.2 Å². The maximum Gasteiger partial charge on any atom is 0.176 e. The molecule has 0 radical (unpaired) electrons. The van der Waals surface area contributed by atoms with Crippen molar-refractivity contribution in [2.24, 2.45) is 0 Å². The molecule has 0 aliphatic heterocycles. The average Bonchev–Trinajstić information content (AvgIpc) is 2.80. The molecule has 2 N–H and O–H groups in total. The zero-order valence-electron chi connectivity index (χ0n) is 10.6. The molecule has 1 heterocycles. The number of hydrogen-bond donors (Lipinski definition) is 1. The van der Waals surface area contributed by atoms with E-state index in [0.29, 0.717) is 16.9 Å². The first-order valence-corrected chi connectivity index (χ1v) is 7.10. The minimum Gasteiger partial charge on any atom is -0.380 e. The first-order chi connectivity index (χ1) is 10.0. The van der Waals surface area contributed by atoms with Crippen LogP contribution in [0.15, 0.2) is 47.0 Å². The number of anilines is 1. The highest BCUT2D eigenvalue weighted by molar-refractivity contribution is 14.1. The summed E-state index contributed by atoms with van der Waals surface area (Å²) in [7, 11) is 0. The summed E-state index contributed by atoms with van der Waals surface area (Å²) in [5, 5.41) is 3.71. The number of nitrogens with two attached hydrogens (primary N) is 1. The highest BCUT2D eigenvalue weighted by atomic mass is 127. The van der Waals surface area contributed by atoms with Crippen molar-refractivity contribution in [1.29, 1.82) is 0 Å². The van der Waals surface area contributed by atoms with Gasteiger partial charge in [-0.25, -0.2) is 8.78 Å². The summed E-state index contributed by atoms with van der Waals surface area (Å²) in [6.07, 6.45) is 0. The molecule has 0 spiro atoms. The normalized spacial score (nSPS) is 10.8. The van der Waals surface area contributed by atoms with Crippen molar-refractivity contribution in [1.82, 2.24) is 5.16 Å². The zero-order valence-corrected chi connectivity index (χ0v) is 12.8. The Morgan fingerprint density at radius 1 is 0.952 bits per heavy atom. The van der Waals surface area contributed by atoms with Crippen molar-refractivity contribution in [2.45, 2.75) is 0 Å². The molecule has 0 atom stereocenters. The SMILES string of the molecule is Nc1noc(-c2ccc(I)cc2)c1-c1cc(F)cc(F)c1. The van der Waals surface area contributed by atoms with Crippen molar-refractivity contribution in [3.05, 3.63) is 57.7 Å². The molecule has 3 aromatic rings. The standard InChI is InChI=1S/C15H9F2IN2O/c16-10-5-9(6-11(17)7-10)13-14(21-20-15(13)19)8-1-3-12(18)4-2-8/h1-7H,(H2,19,20). The molecule has 106 valence electrons. The van der Waals surface area contributed by atoms with Gasteiger partial charge >= 0.3 is 0 Å². The van der Waals surface area contributed by atoms with E-state index in [1.807, 2.05) is 24.3 Å². The molecule has 0 bridgehead atoms. The number of aromatic nitrogens is 1. The predicted molar refractivity (Wildman–Crippen MR) is 84.4 cm³/mol. The lowest BCUT2D eigenvalue weighted by atomic mass is 10.0. The van der Waals surface area contributed by atoms with Gasteiger partial charge in [0.1, 0.15) is 11.6 Å². The van der Waals surface area contributed by atoms with E-state index in [1.165, 1.54) is 12.1 Å². The van der Waals surface area contributed by atoms with Crippen LogP contribution >= 0.6 is 22.6 Å². The molecule has 0 amide bonds. The van der Waals surface area contributed by atoms with Crippen LogP contribution in [0.1, 0.15) is 0 Å². The third-order valence-electron chi connectivity index (χ3n) is 2.98. The van der Waals surface area contributed by atoms with Gasteiger partial charge in [0.05, 0.1) is 5.56 Å². The molecule has 0 aliphatic carbocycles. The molecule has 0 fully saturated rings. The smallest absolute Gasteiger partial charge is 0.176 e. The van der Waals surface area contributed by atoms with Crippen LogP contribution in [0.3, 0.4) is 0 Å².